The molecule has 0 aliphatic heterocycles. The number of aromatic nitrogens is 2. The van der Waals surface area contributed by atoms with E-state index in [0.717, 1.165) is 5.69 Å². The molecule has 0 saturated heterocycles. The Balaban J connectivity index is 2.03. The third kappa shape index (κ3) is 1.99. The van der Waals surface area contributed by atoms with E-state index in [-0.39, 0.29) is 5.56 Å². The Bertz CT molecular complexity index is 608. The highest BCUT2D eigenvalue weighted by atomic mass is 35.5. The van der Waals surface area contributed by atoms with Crippen LogP contribution in [-0.4, -0.2) is 9.78 Å². The maximum absolute atomic E-state index is 12.0. The van der Waals surface area contributed by atoms with Crippen molar-refractivity contribution in [1.29, 1.82) is 0 Å². The molecular weight excluding hydrogens is 248 g/mol. The summed E-state index contributed by atoms with van der Waals surface area (Å²) in [7, 11) is 0. The highest BCUT2D eigenvalue weighted by Crippen LogP contribution is 2.32. The Kier molecular flexibility index (Phi) is 3.00. The van der Waals surface area contributed by atoms with Gasteiger partial charge < -0.3 is 0 Å². The Morgan fingerprint density at radius 1 is 1.22 bits per heavy atom. The van der Waals surface area contributed by atoms with E-state index < -0.39 is 0 Å². The van der Waals surface area contributed by atoms with Gasteiger partial charge in [0.15, 0.2) is 0 Å². The van der Waals surface area contributed by atoms with Crippen LogP contribution in [0.1, 0.15) is 37.3 Å². The molecule has 4 heteroatoms. The summed E-state index contributed by atoms with van der Waals surface area (Å²) in [5, 5.41) is 3.78. The van der Waals surface area contributed by atoms with Gasteiger partial charge in [-0.1, -0.05) is 36.6 Å². The van der Waals surface area contributed by atoms with E-state index in [1.54, 1.807) is 12.1 Å². The highest BCUT2D eigenvalue weighted by Gasteiger charge is 2.20. The van der Waals surface area contributed by atoms with E-state index in [1.807, 2.05) is 18.2 Å². The number of H-pyrrole nitrogens is 1. The van der Waals surface area contributed by atoms with Crippen molar-refractivity contribution in [3.63, 3.8) is 0 Å². The highest BCUT2D eigenvalue weighted by molar-refractivity contribution is 6.32. The summed E-state index contributed by atoms with van der Waals surface area (Å²) >= 11 is 6.12. The molecule has 1 aliphatic carbocycles. The predicted octanol–water partition coefficient (Wildman–Crippen LogP) is 3.48. The number of hydrogen-bond donors (Lipinski definition) is 1. The van der Waals surface area contributed by atoms with Crippen molar-refractivity contribution in [3.8, 4) is 5.69 Å². The van der Waals surface area contributed by atoms with Crippen molar-refractivity contribution in [3.05, 3.63) is 51.4 Å². The summed E-state index contributed by atoms with van der Waals surface area (Å²) in [6.07, 6.45) is 4.85. The second-order valence-electron chi connectivity index (χ2n) is 4.82. The zero-order chi connectivity index (χ0) is 12.5. The minimum atomic E-state index is -0.0370. The van der Waals surface area contributed by atoms with E-state index in [2.05, 4.69) is 5.10 Å². The average Bonchev–Trinajstić information content (AvgIpc) is 2.99. The van der Waals surface area contributed by atoms with Crippen LogP contribution < -0.4 is 5.56 Å². The minimum Gasteiger partial charge on any atom is -0.295 e. The van der Waals surface area contributed by atoms with Gasteiger partial charge in [0, 0.05) is 17.7 Å². The van der Waals surface area contributed by atoms with Crippen LogP contribution in [0.15, 0.2) is 35.1 Å². The zero-order valence-corrected chi connectivity index (χ0v) is 10.8. The second kappa shape index (κ2) is 4.65. The minimum absolute atomic E-state index is 0.0370. The van der Waals surface area contributed by atoms with Crippen LogP contribution in [0.3, 0.4) is 0 Å². The summed E-state index contributed by atoms with van der Waals surface area (Å²) in [6.45, 7) is 0. The van der Waals surface area contributed by atoms with Gasteiger partial charge in [-0.3, -0.25) is 9.89 Å². The van der Waals surface area contributed by atoms with Crippen molar-refractivity contribution in [2.24, 2.45) is 0 Å². The van der Waals surface area contributed by atoms with Gasteiger partial charge in [-0.2, -0.15) is 0 Å². The first-order chi connectivity index (χ1) is 8.75. The first kappa shape index (κ1) is 11.6. The average molecular weight is 263 g/mol. The molecule has 94 valence electrons. The lowest BCUT2D eigenvalue weighted by Gasteiger charge is -2.07. The molecule has 0 atom stereocenters. The number of para-hydroxylation sites is 1. The second-order valence-corrected chi connectivity index (χ2v) is 5.23. The van der Waals surface area contributed by atoms with Gasteiger partial charge >= 0.3 is 0 Å². The van der Waals surface area contributed by atoms with Gasteiger partial charge in [0.1, 0.15) is 0 Å². The Labute approximate surface area is 110 Å². The van der Waals surface area contributed by atoms with Gasteiger partial charge in [0.2, 0.25) is 0 Å². The van der Waals surface area contributed by atoms with Gasteiger partial charge in [-0.15, -0.1) is 0 Å². The quantitative estimate of drug-likeness (QED) is 0.884. The standard InChI is InChI=1S/C14H15ClN2O/c15-11-7-3-4-8-13(11)17-14(18)9-12(16-17)10-5-1-2-6-10/h3-4,7-10,16H,1-2,5-6H2. The van der Waals surface area contributed by atoms with Crippen LogP contribution in [0.2, 0.25) is 5.02 Å². The van der Waals surface area contributed by atoms with Crippen LogP contribution in [-0.2, 0) is 0 Å². The van der Waals surface area contributed by atoms with E-state index in [4.69, 9.17) is 11.6 Å². The normalized spacial score (nSPS) is 16.3. The fourth-order valence-corrected chi connectivity index (χ4v) is 2.89. The van der Waals surface area contributed by atoms with Crippen molar-refractivity contribution >= 4 is 11.6 Å². The van der Waals surface area contributed by atoms with Crippen molar-refractivity contribution in [1.82, 2.24) is 9.78 Å². The maximum atomic E-state index is 12.0. The molecule has 0 spiro atoms. The molecule has 0 unspecified atom stereocenters. The number of benzene rings is 1. The molecule has 1 N–H and O–H groups in total. The van der Waals surface area contributed by atoms with Crippen LogP contribution in [0.5, 0.6) is 0 Å². The van der Waals surface area contributed by atoms with Crippen LogP contribution >= 0.6 is 11.6 Å². The smallest absolute Gasteiger partial charge is 0.271 e. The zero-order valence-electron chi connectivity index (χ0n) is 10.0. The molecule has 18 heavy (non-hydrogen) atoms. The number of halogens is 1. The molecule has 0 bridgehead atoms. The van der Waals surface area contributed by atoms with Crippen LogP contribution in [0, 0.1) is 0 Å². The summed E-state index contributed by atoms with van der Waals surface area (Å²) in [4.78, 5) is 12.0. The lowest BCUT2D eigenvalue weighted by Crippen LogP contribution is -2.13. The first-order valence-corrected chi connectivity index (χ1v) is 6.70. The molecule has 1 saturated carbocycles. The molecule has 1 heterocycles. The summed E-state index contributed by atoms with van der Waals surface area (Å²) in [5.41, 5.74) is 1.72. The van der Waals surface area contributed by atoms with Gasteiger partial charge in [0.25, 0.3) is 5.56 Å². The van der Waals surface area contributed by atoms with E-state index in [9.17, 15) is 4.79 Å². The third-order valence-electron chi connectivity index (χ3n) is 3.63. The monoisotopic (exact) mass is 262 g/mol. The molecule has 2 aromatic rings. The fraction of sp³-hybridized carbons (Fsp3) is 0.357. The fourth-order valence-electron chi connectivity index (χ4n) is 2.67. The number of nitrogens with zero attached hydrogens (tertiary/aromatic N) is 1. The predicted molar refractivity (Wildman–Crippen MR) is 72.6 cm³/mol. The van der Waals surface area contributed by atoms with Crippen LogP contribution in [0.25, 0.3) is 5.69 Å². The van der Waals surface area contributed by atoms with Crippen molar-refractivity contribution < 1.29 is 0 Å². The van der Waals surface area contributed by atoms with E-state index in [1.165, 1.54) is 30.4 Å². The Hall–Kier alpha value is -1.48. The molecule has 1 aromatic carbocycles. The number of aromatic amines is 1. The summed E-state index contributed by atoms with van der Waals surface area (Å²) in [5.74, 6) is 0.501. The molecule has 1 aliphatic rings. The van der Waals surface area contributed by atoms with Gasteiger partial charge in [0.05, 0.1) is 10.7 Å². The largest absolute Gasteiger partial charge is 0.295 e. The molecule has 3 rings (SSSR count). The van der Waals surface area contributed by atoms with Crippen molar-refractivity contribution in [2.45, 2.75) is 31.6 Å². The molecule has 0 amide bonds. The third-order valence-corrected chi connectivity index (χ3v) is 3.95. The van der Waals surface area contributed by atoms with E-state index in [0.29, 0.717) is 16.6 Å². The number of nitrogens with one attached hydrogen (secondary N) is 1. The number of hydrogen-bond acceptors (Lipinski definition) is 1. The van der Waals surface area contributed by atoms with Crippen LogP contribution in [0.4, 0.5) is 0 Å². The Morgan fingerprint density at radius 2 is 1.94 bits per heavy atom. The Morgan fingerprint density at radius 3 is 2.67 bits per heavy atom. The lowest BCUT2D eigenvalue weighted by atomic mass is 10.1. The molecule has 1 fully saturated rings. The SMILES string of the molecule is O=c1cc(C2CCCC2)[nH]n1-c1ccccc1Cl. The topological polar surface area (TPSA) is 37.8 Å². The van der Waals surface area contributed by atoms with E-state index >= 15 is 0 Å². The first-order valence-electron chi connectivity index (χ1n) is 6.32. The summed E-state index contributed by atoms with van der Waals surface area (Å²) in [6, 6.07) is 9.08. The van der Waals surface area contributed by atoms with Gasteiger partial charge in [-0.05, 0) is 25.0 Å². The molecular formula is C14H15ClN2O. The molecule has 1 aromatic heterocycles. The summed E-state index contributed by atoms with van der Waals surface area (Å²) < 4.78 is 1.54. The maximum Gasteiger partial charge on any atom is 0.271 e. The number of rotatable bonds is 2. The van der Waals surface area contributed by atoms with Crippen molar-refractivity contribution in [2.75, 3.05) is 0 Å². The molecule has 3 nitrogen and oxygen atoms in total. The molecule has 0 radical (unpaired) electrons. The van der Waals surface area contributed by atoms with Gasteiger partial charge in [-0.25, -0.2) is 4.68 Å². The lowest BCUT2D eigenvalue weighted by molar-refractivity contribution is 0.677.